The quantitative estimate of drug-likeness (QED) is 0.177. The maximum absolute atomic E-state index is 9.75. The lowest BCUT2D eigenvalue weighted by molar-refractivity contribution is 0.718. The van der Waals surface area contributed by atoms with Crippen molar-refractivity contribution >= 4 is 55.4 Å². The SMILES string of the molecule is N#Cc1ccc2c(c1)c1cc(C#N)ccc1n2-c1ccc2c(c1)c1ccccc1n2-c1ccc2c(c1)C1(c3ccccc3S2)c2cccnc2-c2ncccc21. The van der Waals surface area contributed by atoms with E-state index in [4.69, 9.17) is 9.97 Å². The van der Waals surface area contributed by atoms with Crippen LogP contribution in [0.2, 0.25) is 0 Å². The van der Waals surface area contributed by atoms with Crippen molar-refractivity contribution in [1.29, 1.82) is 10.5 Å². The van der Waals surface area contributed by atoms with Crippen LogP contribution in [0.1, 0.15) is 33.4 Å². The number of hydrogen-bond acceptors (Lipinski definition) is 5. The van der Waals surface area contributed by atoms with Gasteiger partial charge in [0.1, 0.15) is 0 Å². The fourth-order valence-corrected chi connectivity index (χ4v) is 10.7. The number of nitriles is 2. The van der Waals surface area contributed by atoms with Gasteiger partial charge in [0.25, 0.3) is 0 Å². The van der Waals surface area contributed by atoms with E-state index in [1.54, 1.807) is 0 Å². The molecule has 4 aromatic heterocycles. The molecule has 0 radical (unpaired) electrons. The lowest BCUT2D eigenvalue weighted by Gasteiger charge is -2.39. The molecule has 0 saturated heterocycles. The summed E-state index contributed by atoms with van der Waals surface area (Å²) in [6.45, 7) is 0. The van der Waals surface area contributed by atoms with Crippen molar-refractivity contribution in [2.24, 2.45) is 0 Å². The normalized spacial score (nSPS) is 13.4. The Bertz CT molecular complexity index is 3330. The maximum atomic E-state index is 9.75. The first-order valence-electron chi connectivity index (χ1n) is 18.4. The molecule has 7 heteroatoms. The molecule has 56 heavy (non-hydrogen) atoms. The van der Waals surface area contributed by atoms with Gasteiger partial charge < -0.3 is 9.13 Å². The second kappa shape index (κ2) is 11.3. The van der Waals surface area contributed by atoms with Crippen molar-refractivity contribution in [2.75, 3.05) is 0 Å². The molecule has 0 unspecified atom stereocenters. The van der Waals surface area contributed by atoms with E-state index in [1.165, 1.54) is 20.9 Å². The van der Waals surface area contributed by atoms with Crippen LogP contribution in [0, 0.1) is 22.7 Å². The molecule has 0 bridgehead atoms. The van der Waals surface area contributed by atoms with E-state index in [0.717, 1.165) is 77.5 Å². The van der Waals surface area contributed by atoms with E-state index in [9.17, 15) is 10.5 Å². The Morgan fingerprint density at radius 1 is 0.446 bits per heavy atom. The number of hydrogen-bond donors (Lipinski definition) is 0. The predicted molar refractivity (Wildman–Crippen MR) is 222 cm³/mol. The fraction of sp³-hybridized carbons (Fsp3) is 0.0204. The molecular formula is C49H26N6S. The molecular weight excluding hydrogens is 705 g/mol. The van der Waals surface area contributed by atoms with Crippen molar-refractivity contribution in [3.05, 3.63) is 191 Å². The molecule has 2 aliphatic rings. The highest BCUT2D eigenvalue weighted by Crippen LogP contribution is 2.61. The van der Waals surface area contributed by atoms with Gasteiger partial charge in [-0.1, -0.05) is 60.3 Å². The molecule has 258 valence electrons. The van der Waals surface area contributed by atoms with Gasteiger partial charge in [0.05, 0.1) is 62.1 Å². The average Bonchev–Trinajstić information content (AvgIpc) is 3.87. The zero-order valence-electron chi connectivity index (χ0n) is 29.6. The highest BCUT2D eigenvalue weighted by atomic mass is 32.2. The number of aromatic nitrogens is 4. The zero-order chi connectivity index (χ0) is 37.1. The molecule has 5 heterocycles. The van der Waals surface area contributed by atoms with Crippen LogP contribution in [0.25, 0.3) is 66.4 Å². The lowest BCUT2D eigenvalue weighted by Crippen LogP contribution is -2.32. The molecule has 1 aliphatic heterocycles. The summed E-state index contributed by atoms with van der Waals surface area (Å²) in [5.41, 5.74) is 13.5. The van der Waals surface area contributed by atoms with Crippen LogP contribution in [0.4, 0.5) is 0 Å². The number of nitrogens with zero attached hydrogens (tertiary/aromatic N) is 6. The minimum atomic E-state index is -0.584. The van der Waals surface area contributed by atoms with Crippen LogP contribution >= 0.6 is 11.8 Å². The predicted octanol–water partition coefficient (Wildman–Crippen LogP) is 11.2. The van der Waals surface area contributed by atoms with Gasteiger partial charge in [-0.25, -0.2) is 0 Å². The van der Waals surface area contributed by atoms with Gasteiger partial charge in [-0.2, -0.15) is 10.5 Å². The first-order chi connectivity index (χ1) is 27.7. The summed E-state index contributed by atoms with van der Waals surface area (Å²) >= 11 is 1.82. The van der Waals surface area contributed by atoms with E-state index in [-0.39, 0.29) is 0 Å². The van der Waals surface area contributed by atoms with Crippen molar-refractivity contribution in [2.45, 2.75) is 15.2 Å². The Morgan fingerprint density at radius 3 is 1.64 bits per heavy atom. The smallest absolute Gasteiger partial charge is 0.0991 e. The van der Waals surface area contributed by atoms with Crippen molar-refractivity contribution in [3.63, 3.8) is 0 Å². The molecule has 0 N–H and O–H groups in total. The minimum Gasteiger partial charge on any atom is -0.309 e. The highest BCUT2D eigenvalue weighted by Gasteiger charge is 2.51. The summed E-state index contributed by atoms with van der Waals surface area (Å²) in [7, 11) is 0. The molecule has 1 spiro atoms. The standard InChI is InChI=1S/C49H26N6S/c50-27-29-13-17-42-34(23-29)35-24-30(28-51)14-18-43(35)54(42)31-15-19-44-36(25-31)33-7-1-3-11-41(33)55(44)32-16-20-46-40(26-32)49(37-8-2-4-12-45(37)56-46)38-9-5-21-52-47(38)48-39(49)10-6-22-53-48/h1-26H. The highest BCUT2D eigenvalue weighted by molar-refractivity contribution is 7.99. The van der Waals surface area contributed by atoms with Crippen LogP contribution in [0.5, 0.6) is 0 Å². The third-order valence-electron chi connectivity index (χ3n) is 11.7. The first-order valence-corrected chi connectivity index (χ1v) is 19.2. The number of fused-ring (bicyclic) bond motifs is 15. The largest absolute Gasteiger partial charge is 0.309 e. The number of pyridine rings is 2. The Labute approximate surface area is 325 Å². The molecule has 0 fully saturated rings. The Hall–Kier alpha value is -7.45. The van der Waals surface area contributed by atoms with E-state index in [1.807, 2.05) is 72.7 Å². The number of rotatable bonds is 2. The summed E-state index contributed by atoms with van der Waals surface area (Å²) in [6.07, 6.45) is 3.74. The maximum Gasteiger partial charge on any atom is 0.0991 e. The topological polar surface area (TPSA) is 83.2 Å². The second-order valence-electron chi connectivity index (χ2n) is 14.4. The molecule has 0 amide bonds. The van der Waals surface area contributed by atoms with Crippen LogP contribution in [0.15, 0.2) is 168 Å². The monoisotopic (exact) mass is 730 g/mol. The van der Waals surface area contributed by atoms with E-state index < -0.39 is 5.41 Å². The van der Waals surface area contributed by atoms with Gasteiger partial charge >= 0.3 is 0 Å². The van der Waals surface area contributed by atoms with Gasteiger partial charge in [0.2, 0.25) is 0 Å². The van der Waals surface area contributed by atoms with Crippen molar-refractivity contribution in [3.8, 4) is 34.9 Å². The van der Waals surface area contributed by atoms with Crippen LogP contribution in [0.3, 0.4) is 0 Å². The third kappa shape index (κ3) is 3.94. The van der Waals surface area contributed by atoms with Crippen molar-refractivity contribution in [1.82, 2.24) is 19.1 Å². The van der Waals surface area contributed by atoms with E-state index >= 15 is 0 Å². The summed E-state index contributed by atoms with van der Waals surface area (Å²) < 4.78 is 4.63. The minimum absolute atomic E-state index is 0.584. The summed E-state index contributed by atoms with van der Waals surface area (Å²) in [4.78, 5) is 12.3. The van der Waals surface area contributed by atoms with Gasteiger partial charge in [0.15, 0.2) is 0 Å². The molecule has 6 aromatic carbocycles. The molecule has 12 rings (SSSR count). The van der Waals surface area contributed by atoms with Gasteiger partial charge in [-0.05, 0) is 119 Å². The number of benzene rings is 6. The summed E-state index contributed by atoms with van der Waals surface area (Å²) in [6, 6.07) is 55.7. The zero-order valence-corrected chi connectivity index (χ0v) is 30.4. The fourth-order valence-electron chi connectivity index (χ4n) is 9.51. The third-order valence-corrected chi connectivity index (χ3v) is 12.9. The molecule has 10 aromatic rings. The van der Waals surface area contributed by atoms with Gasteiger partial charge in [-0.3, -0.25) is 9.97 Å². The first kappa shape index (κ1) is 31.0. The molecule has 0 atom stereocenters. The Morgan fingerprint density at radius 2 is 0.964 bits per heavy atom. The van der Waals surface area contributed by atoms with Crippen molar-refractivity contribution < 1.29 is 0 Å². The lowest BCUT2D eigenvalue weighted by atomic mass is 9.67. The van der Waals surface area contributed by atoms with Crippen LogP contribution in [-0.2, 0) is 5.41 Å². The van der Waals surface area contributed by atoms with Crippen LogP contribution in [-0.4, -0.2) is 19.1 Å². The summed E-state index contributed by atoms with van der Waals surface area (Å²) in [5, 5.41) is 23.7. The van der Waals surface area contributed by atoms with E-state index in [2.05, 4.69) is 118 Å². The summed E-state index contributed by atoms with van der Waals surface area (Å²) in [5.74, 6) is 0. The van der Waals surface area contributed by atoms with E-state index in [0.29, 0.717) is 11.1 Å². The Balaban J connectivity index is 1.12. The average molecular weight is 731 g/mol. The van der Waals surface area contributed by atoms with Gasteiger partial charge in [0, 0.05) is 55.1 Å². The van der Waals surface area contributed by atoms with Crippen LogP contribution < -0.4 is 0 Å². The Kier molecular flexibility index (Phi) is 6.24. The molecule has 1 aliphatic carbocycles. The second-order valence-corrected chi connectivity index (χ2v) is 15.5. The molecule has 0 saturated carbocycles. The number of para-hydroxylation sites is 1. The van der Waals surface area contributed by atoms with Gasteiger partial charge in [-0.15, -0.1) is 0 Å². The molecule has 6 nitrogen and oxygen atoms in total.